The number of aryl methyl sites for hydroxylation is 2. The second-order valence-corrected chi connectivity index (χ2v) is 6.51. The number of para-hydroxylation sites is 1. The number of anilines is 1. The average molecular weight is 359 g/mol. The van der Waals surface area contributed by atoms with E-state index in [-0.39, 0.29) is 11.7 Å². The van der Waals surface area contributed by atoms with E-state index in [9.17, 15) is 9.18 Å². The molecule has 2 aromatic heterocycles. The molecule has 0 spiro atoms. The lowest BCUT2D eigenvalue weighted by atomic mass is 10.1. The highest BCUT2D eigenvalue weighted by atomic mass is 19.1. The minimum atomic E-state index is -0.622. The Morgan fingerprint density at radius 3 is 2.59 bits per heavy atom. The van der Waals surface area contributed by atoms with Crippen molar-refractivity contribution in [3.8, 4) is 11.3 Å². The van der Waals surface area contributed by atoms with E-state index >= 15 is 0 Å². The number of benzene rings is 2. The molecule has 4 rings (SSSR count). The van der Waals surface area contributed by atoms with Gasteiger partial charge >= 0.3 is 0 Å². The van der Waals surface area contributed by atoms with Crippen molar-refractivity contribution < 1.29 is 9.18 Å². The third kappa shape index (κ3) is 3.19. The summed E-state index contributed by atoms with van der Waals surface area (Å²) in [4.78, 5) is 16.3. The normalized spacial score (nSPS) is 10.9. The van der Waals surface area contributed by atoms with E-state index in [4.69, 9.17) is 0 Å². The van der Waals surface area contributed by atoms with Crippen LogP contribution in [0.1, 0.15) is 15.9 Å². The smallest absolute Gasteiger partial charge is 0.256 e. The van der Waals surface area contributed by atoms with Gasteiger partial charge in [0.25, 0.3) is 5.91 Å². The fourth-order valence-corrected chi connectivity index (χ4v) is 3.22. The summed E-state index contributed by atoms with van der Waals surface area (Å²) >= 11 is 0. The van der Waals surface area contributed by atoms with Gasteiger partial charge in [0.15, 0.2) is 0 Å². The van der Waals surface area contributed by atoms with E-state index in [1.54, 1.807) is 30.3 Å². The van der Waals surface area contributed by atoms with Crippen molar-refractivity contribution in [2.75, 3.05) is 5.32 Å². The number of carbonyl (C=O) groups is 1. The summed E-state index contributed by atoms with van der Waals surface area (Å²) in [6.45, 7) is 1.91. The Balaban J connectivity index is 1.64. The number of fused-ring (bicyclic) bond motifs is 1. The predicted octanol–water partition coefficient (Wildman–Crippen LogP) is 4.94. The molecule has 0 atom stereocenters. The van der Waals surface area contributed by atoms with Gasteiger partial charge < -0.3 is 9.88 Å². The molecule has 2 heterocycles. The number of hydrogen-bond acceptors (Lipinski definition) is 2. The maximum atomic E-state index is 14.7. The molecule has 5 heteroatoms. The summed E-state index contributed by atoms with van der Waals surface area (Å²) in [5.74, 6) is -0.757. The fourth-order valence-electron chi connectivity index (χ4n) is 3.22. The molecule has 2 aromatic carbocycles. The van der Waals surface area contributed by atoms with Crippen molar-refractivity contribution in [2.24, 2.45) is 7.05 Å². The first-order chi connectivity index (χ1) is 13.0. The van der Waals surface area contributed by atoms with Crippen LogP contribution in [0.4, 0.5) is 10.2 Å². The highest BCUT2D eigenvalue weighted by Crippen LogP contribution is 2.29. The first-order valence-electron chi connectivity index (χ1n) is 8.62. The van der Waals surface area contributed by atoms with Crippen LogP contribution in [0, 0.1) is 12.9 Å². The van der Waals surface area contributed by atoms with Crippen LogP contribution in [0.2, 0.25) is 0 Å². The minimum absolute atomic E-state index is 0.182. The molecule has 1 amide bonds. The lowest BCUT2D eigenvalue weighted by Gasteiger charge is -2.09. The maximum Gasteiger partial charge on any atom is 0.256 e. The molecule has 134 valence electrons. The molecule has 0 aliphatic heterocycles. The second kappa shape index (κ2) is 6.68. The minimum Gasteiger partial charge on any atom is -0.343 e. The number of nitrogens with zero attached hydrogens (tertiary/aromatic N) is 2. The lowest BCUT2D eigenvalue weighted by Crippen LogP contribution is -2.13. The van der Waals surface area contributed by atoms with Crippen LogP contribution in [0.3, 0.4) is 0 Å². The SMILES string of the molecule is Cc1cccc(C(=O)Nc2ccc(-c3cc4ccccc4n3C)c(F)n2)c1. The van der Waals surface area contributed by atoms with Crippen LogP contribution in [0.25, 0.3) is 22.2 Å². The molecule has 1 N–H and O–H groups in total. The molecule has 4 aromatic rings. The van der Waals surface area contributed by atoms with Gasteiger partial charge in [-0.25, -0.2) is 4.98 Å². The Morgan fingerprint density at radius 1 is 1.04 bits per heavy atom. The number of hydrogen-bond donors (Lipinski definition) is 1. The van der Waals surface area contributed by atoms with Crippen LogP contribution in [0.5, 0.6) is 0 Å². The number of amides is 1. The van der Waals surface area contributed by atoms with Gasteiger partial charge in [-0.3, -0.25) is 4.79 Å². The standard InChI is InChI=1S/C22H18FN3O/c1-14-6-5-8-16(12-14)22(27)25-20-11-10-17(21(23)24-20)19-13-15-7-3-4-9-18(15)26(19)2/h3-13H,1-2H3,(H,24,25,27). The zero-order chi connectivity index (χ0) is 19.0. The first kappa shape index (κ1) is 17.0. The van der Waals surface area contributed by atoms with E-state index in [0.29, 0.717) is 11.1 Å². The Labute approximate surface area is 156 Å². The van der Waals surface area contributed by atoms with Gasteiger partial charge in [0.1, 0.15) is 5.82 Å². The third-order valence-corrected chi connectivity index (χ3v) is 4.60. The van der Waals surface area contributed by atoms with Gasteiger partial charge in [-0.2, -0.15) is 4.39 Å². The molecule has 0 aliphatic carbocycles. The Kier molecular flexibility index (Phi) is 4.20. The Morgan fingerprint density at radius 2 is 1.85 bits per heavy atom. The molecule has 0 radical (unpaired) electrons. The zero-order valence-corrected chi connectivity index (χ0v) is 15.0. The van der Waals surface area contributed by atoms with Gasteiger partial charge in [0, 0.05) is 23.5 Å². The number of rotatable bonds is 3. The van der Waals surface area contributed by atoms with Crippen molar-refractivity contribution in [1.82, 2.24) is 9.55 Å². The number of nitrogens with one attached hydrogen (secondary N) is 1. The summed E-state index contributed by atoms with van der Waals surface area (Å²) in [6, 6.07) is 20.3. The number of aromatic nitrogens is 2. The molecule has 0 aliphatic rings. The predicted molar refractivity (Wildman–Crippen MR) is 105 cm³/mol. The van der Waals surface area contributed by atoms with Crippen LogP contribution < -0.4 is 5.32 Å². The van der Waals surface area contributed by atoms with Gasteiger partial charge in [-0.1, -0.05) is 35.9 Å². The number of halogens is 1. The summed E-state index contributed by atoms with van der Waals surface area (Å²) < 4.78 is 16.6. The Hall–Kier alpha value is -3.47. The van der Waals surface area contributed by atoms with Crippen molar-refractivity contribution in [3.63, 3.8) is 0 Å². The molecule has 0 bridgehead atoms. The quantitative estimate of drug-likeness (QED) is 0.527. The number of carbonyl (C=O) groups excluding carboxylic acids is 1. The van der Waals surface area contributed by atoms with Crippen LogP contribution in [-0.2, 0) is 7.05 Å². The van der Waals surface area contributed by atoms with Gasteiger partial charge in [-0.05, 0) is 43.3 Å². The van der Waals surface area contributed by atoms with Gasteiger partial charge in [0.2, 0.25) is 5.95 Å². The molecule has 0 fully saturated rings. The molecule has 4 nitrogen and oxygen atoms in total. The second-order valence-electron chi connectivity index (χ2n) is 6.51. The van der Waals surface area contributed by atoms with Crippen LogP contribution in [-0.4, -0.2) is 15.5 Å². The van der Waals surface area contributed by atoms with E-state index in [0.717, 1.165) is 22.2 Å². The third-order valence-electron chi connectivity index (χ3n) is 4.60. The van der Waals surface area contributed by atoms with Crippen LogP contribution in [0.15, 0.2) is 66.7 Å². The maximum absolute atomic E-state index is 14.7. The topological polar surface area (TPSA) is 46.9 Å². The molecular formula is C22H18FN3O. The summed E-state index contributed by atoms with van der Waals surface area (Å²) in [5.41, 5.74) is 3.63. The van der Waals surface area contributed by atoms with E-state index in [1.165, 1.54) is 0 Å². The largest absolute Gasteiger partial charge is 0.343 e. The van der Waals surface area contributed by atoms with Crippen molar-refractivity contribution >= 4 is 22.6 Å². The van der Waals surface area contributed by atoms with Crippen molar-refractivity contribution in [2.45, 2.75) is 6.92 Å². The first-order valence-corrected chi connectivity index (χ1v) is 8.62. The molecule has 0 saturated carbocycles. The monoisotopic (exact) mass is 359 g/mol. The fraction of sp³-hybridized carbons (Fsp3) is 0.0909. The van der Waals surface area contributed by atoms with E-state index in [2.05, 4.69) is 10.3 Å². The molecular weight excluding hydrogens is 341 g/mol. The molecule has 0 saturated heterocycles. The van der Waals surface area contributed by atoms with Crippen molar-refractivity contribution in [3.05, 3.63) is 83.8 Å². The van der Waals surface area contributed by atoms with Crippen LogP contribution >= 0.6 is 0 Å². The number of pyridine rings is 1. The molecule has 27 heavy (non-hydrogen) atoms. The summed E-state index contributed by atoms with van der Waals surface area (Å²) in [6.07, 6.45) is 0. The highest BCUT2D eigenvalue weighted by molar-refractivity contribution is 6.03. The van der Waals surface area contributed by atoms with E-state index < -0.39 is 5.95 Å². The van der Waals surface area contributed by atoms with Gasteiger partial charge in [0.05, 0.1) is 11.3 Å². The summed E-state index contributed by atoms with van der Waals surface area (Å²) in [7, 11) is 1.89. The Bertz CT molecular complexity index is 1160. The van der Waals surface area contributed by atoms with Gasteiger partial charge in [-0.15, -0.1) is 0 Å². The highest BCUT2D eigenvalue weighted by Gasteiger charge is 2.14. The van der Waals surface area contributed by atoms with E-state index in [1.807, 2.05) is 54.9 Å². The average Bonchev–Trinajstić information content (AvgIpc) is 2.99. The van der Waals surface area contributed by atoms with Crippen molar-refractivity contribution in [1.29, 1.82) is 0 Å². The summed E-state index contributed by atoms with van der Waals surface area (Å²) in [5, 5.41) is 3.68. The zero-order valence-electron chi connectivity index (χ0n) is 15.0. The molecule has 0 unspecified atom stereocenters. The lowest BCUT2D eigenvalue weighted by molar-refractivity contribution is 0.102.